The SMILES string of the molecule is Cn1c(Cn2nnc3ccccc32)nnc1SCC(=O)Nc1ccccc1. The lowest BCUT2D eigenvalue weighted by Crippen LogP contribution is -2.14. The zero-order chi connectivity index (χ0) is 18.6. The first-order valence-electron chi connectivity index (χ1n) is 8.35. The fourth-order valence-electron chi connectivity index (χ4n) is 2.63. The number of carbonyl (C=O) groups is 1. The number of aromatic nitrogens is 6. The summed E-state index contributed by atoms with van der Waals surface area (Å²) in [7, 11) is 1.88. The van der Waals surface area contributed by atoms with E-state index in [2.05, 4.69) is 25.8 Å². The van der Waals surface area contributed by atoms with Gasteiger partial charge in [0.15, 0.2) is 11.0 Å². The van der Waals surface area contributed by atoms with Gasteiger partial charge in [-0.2, -0.15) is 0 Å². The van der Waals surface area contributed by atoms with E-state index in [4.69, 9.17) is 0 Å². The molecule has 4 aromatic rings. The second kappa shape index (κ2) is 7.58. The van der Waals surface area contributed by atoms with E-state index < -0.39 is 0 Å². The van der Waals surface area contributed by atoms with Crippen LogP contribution in [0.5, 0.6) is 0 Å². The van der Waals surface area contributed by atoms with Crippen molar-refractivity contribution in [2.45, 2.75) is 11.7 Å². The van der Waals surface area contributed by atoms with E-state index in [9.17, 15) is 4.79 Å². The van der Waals surface area contributed by atoms with Crippen molar-refractivity contribution in [3.63, 3.8) is 0 Å². The van der Waals surface area contributed by atoms with Crippen LogP contribution in [0.2, 0.25) is 0 Å². The Bertz CT molecular complexity index is 1070. The van der Waals surface area contributed by atoms with Gasteiger partial charge in [0.1, 0.15) is 12.1 Å². The highest BCUT2D eigenvalue weighted by Crippen LogP contribution is 2.18. The number of nitrogens with zero attached hydrogens (tertiary/aromatic N) is 6. The Labute approximate surface area is 159 Å². The van der Waals surface area contributed by atoms with Crippen molar-refractivity contribution in [1.29, 1.82) is 0 Å². The first-order valence-corrected chi connectivity index (χ1v) is 9.33. The molecule has 0 fully saturated rings. The molecule has 27 heavy (non-hydrogen) atoms. The third-order valence-electron chi connectivity index (χ3n) is 4.03. The van der Waals surface area contributed by atoms with Gasteiger partial charge >= 0.3 is 0 Å². The number of hydrogen-bond donors (Lipinski definition) is 1. The maximum Gasteiger partial charge on any atom is 0.234 e. The normalized spacial score (nSPS) is 11.0. The maximum absolute atomic E-state index is 12.1. The summed E-state index contributed by atoms with van der Waals surface area (Å²) in [5.74, 6) is 0.919. The number of amides is 1. The average Bonchev–Trinajstić information content (AvgIpc) is 3.26. The molecule has 0 bridgehead atoms. The van der Waals surface area contributed by atoms with Crippen molar-refractivity contribution in [3.8, 4) is 0 Å². The molecule has 2 aromatic heterocycles. The zero-order valence-electron chi connectivity index (χ0n) is 14.6. The van der Waals surface area contributed by atoms with Crippen molar-refractivity contribution in [3.05, 3.63) is 60.4 Å². The predicted molar refractivity (Wildman–Crippen MR) is 103 cm³/mol. The summed E-state index contributed by atoms with van der Waals surface area (Å²) in [6.45, 7) is 0.459. The summed E-state index contributed by atoms with van der Waals surface area (Å²) in [5, 5.41) is 20.3. The van der Waals surface area contributed by atoms with Gasteiger partial charge in [0, 0.05) is 12.7 Å². The van der Waals surface area contributed by atoms with Gasteiger partial charge in [-0.05, 0) is 24.3 Å². The monoisotopic (exact) mass is 379 g/mol. The fourth-order valence-corrected chi connectivity index (χ4v) is 3.36. The van der Waals surface area contributed by atoms with E-state index in [0.29, 0.717) is 11.7 Å². The van der Waals surface area contributed by atoms with Crippen molar-refractivity contribution in [2.75, 3.05) is 11.1 Å². The van der Waals surface area contributed by atoms with E-state index in [1.54, 1.807) is 4.68 Å². The minimum absolute atomic E-state index is 0.0852. The van der Waals surface area contributed by atoms with Gasteiger partial charge in [-0.3, -0.25) is 4.79 Å². The summed E-state index contributed by atoms with van der Waals surface area (Å²) in [4.78, 5) is 12.1. The molecule has 2 heterocycles. The lowest BCUT2D eigenvalue weighted by Gasteiger charge is -2.06. The molecule has 1 amide bonds. The molecule has 0 atom stereocenters. The minimum atomic E-state index is -0.0852. The Kier molecular flexibility index (Phi) is 4.84. The number of thioether (sulfide) groups is 1. The van der Waals surface area contributed by atoms with Crippen LogP contribution in [0, 0.1) is 0 Å². The topological polar surface area (TPSA) is 90.5 Å². The number of fused-ring (bicyclic) bond motifs is 1. The highest BCUT2D eigenvalue weighted by Gasteiger charge is 2.13. The third-order valence-corrected chi connectivity index (χ3v) is 5.05. The van der Waals surface area contributed by atoms with Crippen LogP contribution in [0.15, 0.2) is 59.8 Å². The lowest BCUT2D eigenvalue weighted by molar-refractivity contribution is -0.113. The predicted octanol–water partition coefficient (Wildman–Crippen LogP) is 2.34. The van der Waals surface area contributed by atoms with Crippen LogP contribution < -0.4 is 5.32 Å². The number of hydrogen-bond acceptors (Lipinski definition) is 6. The number of benzene rings is 2. The Hall–Kier alpha value is -3.20. The summed E-state index contributed by atoms with van der Waals surface area (Å²) in [6.07, 6.45) is 0. The van der Waals surface area contributed by atoms with E-state index in [0.717, 1.165) is 22.5 Å². The molecular weight excluding hydrogens is 362 g/mol. The van der Waals surface area contributed by atoms with Crippen LogP contribution in [0.3, 0.4) is 0 Å². The molecule has 0 saturated heterocycles. The quantitative estimate of drug-likeness (QED) is 0.517. The molecule has 0 aliphatic heterocycles. The first kappa shape index (κ1) is 17.2. The molecule has 9 heteroatoms. The number of para-hydroxylation sites is 2. The summed E-state index contributed by atoms with van der Waals surface area (Å²) < 4.78 is 3.66. The van der Waals surface area contributed by atoms with Gasteiger partial charge in [0.2, 0.25) is 5.91 Å². The number of carbonyl (C=O) groups excluding carboxylic acids is 1. The Morgan fingerprint density at radius 2 is 1.81 bits per heavy atom. The molecule has 1 N–H and O–H groups in total. The molecule has 0 unspecified atom stereocenters. The molecule has 0 aliphatic carbocycles. The van der Waals surface area contributed by atoms with E-state index >= 15 is 0 Å². The summed E-state index contributed by atoms with van der Waals surface area (Å²) >= 11 is 1.34. The molecule has 0 saturated carbocycles. The van der Waals surface area contributed by atoms with Crippen molar-refractivity contribution < 1.29 is 4.79 Å². The second-order valence-corrected chi connectivity index (χ2v) is 6.84. The number of nitrogens with one attached hydrogen (secondary N) is 1. The van der Waals surface area contributed by atoms with Crippen molar-refractivity contribution in [1.82, 2.24) is 29.8 Å². The third kappa shape index (κ3) is 3.82. The van der Waals surface area contributed by atoms with Gasteiger partial charge < -0.3 is 9.88 Å². The molecule has 0 radical (unpaired) electrons. The standard InChI is InChI=1S/C18H17N7OS/c1-24-16(11-25-15-10-6-5-9-14(15)20-23-25)21-22-18(24)27-12-17(26)19-13-7-3-2-4-8-13/h2-10H,11-12H2,1H3,(H,19,26). The highest BCUT2D eigenvalue weighted by atomic mass is 32.2. The van der Waals surface area contributed by atoms with Crippen LogP contribution in [-0.2, 0) is 18.4 Å². The second-order valence-electron chi connectivity index (χ2n) is 5.90. The van der Waals surface area contributed by atoms with E-state index in [-0.39, 0.29) is 11.7 Å². The number of rotatable bonds is 6. The zero-order valence-corrected chi connectivity index (χ0v) is 15.4. The Morgan fingerprint density at radius 1 is 1.04 bits per heavy atom. The van der Waals surface area contributed by atoms with Crippen molar-refractivity contribution >= 4 is 34.4 Å². The van der Waals surface area contributed by atoms with E-state index in [1.807, 2.05) is 66.2 Å². The summed E-state index contributed by atoms with van der Waals surface area (Å²) in [6, 6.07) is 17.1. The van der Waals surface area contributed by atoms with Crippen molar-refractivity contribution in [2.24, 2.45) is 7.05 Å². The fraction of sp³-hybridized carbons (Fsp3) is 0.167. The Morgan fingerprint density at radius 3 is 2.67 bits per heavy atom. The van der Waals surface area contributed by atoms with Gasteiger partial charge in [-0.1, -0.05) is 47.3 Å². The van der Waals surface area contributed by atoms with Crippen LogP contribution in [0.25, 0.3) is 11.0 Å². The van der Waals surface area contributed by atoms with Gasteiger partial charge in [0.05, 0.1) is 11.3 Å². The molecule has 8 nitrogen and oxygen atoms in total. The largest absolute Gasteiger partial charge is 0.325 e. The minimum Gasteiger partial charge on any atom is -0.325 e. The van der Waals surface area contributed by atoms with Crippen LogP contribution >= 0.6 is 11.8 Å². The molecular formula is C18H17N7OS. The summed E-state index contributed by atoms with van der Waals surface area (Å²) in [5.41, 5.74) is 2.56. The average molecular weight is 379 g/mol. The highest BCUT2D eigenvalue weighted by molar-refractivity contribution is 7.99. The molecule has 4 rings (SSSR count). The Balaban J connectivity index is 1.41. The molecule has 2 aromatic carbocycles. The lowest BCUT2D eigenvalue weighted by atomic mass is 10.3. The molecule has 0 spiro atoms. The van der Waals surface area contributed by atoms with Gasteiger partial charge in [-0.25, -0.2) is 4.68 Å². The number of anilines is 1. The van der Waals surface area contributed by atoms with Crippen LogP contribution in [0.4, 0.5) is 5.69 Å². The van der Waals surface area contributed by atoms with E-state index in [1.165, 1.54) is 11.8 Å². The van der Waals surface area contributed by atoms with Gasteiger partial charge in [0.25, 0.3) is 0 Å². The molecule has 136 valence electrons. The van der Waals surface area contributed by atoms with Crippen LogP contribution in [-0.4, -0.2) is 41.4 Å². The maximum atomic E-state index is 12.1. The van der Waals surface area contributed by atoms with Gasteiger partial charge in [-0.15, -0.1) is 15.3 Å². The molecule has 0 aliphatic rings. The smallest absolute Gasteiger partial charge is 0.234 e. The first-order chi connectivity index (χ1) is 13.2. The van der Waals surface area contributed by atoms with Crippen LogP contribution in [0.1, 0.15) is 5.82 Å².